The van der Waals surface area contributed by atoms with Crippen molar-refractivity contribution in [2.45, 2.75) is 53.0 Å². The summed E-state index contributed by atoms with van der Waals surface area (Å²) in [6, 6.07) is 7.12. The summed E-state index contributed by atoms with van der Waals surface area (Å²) in [5.41, 5.74) is 0.204. The highest BCUT2D eigenvalue weighted by atomic mass is 32.1. The Hall–Kier alpha value is -0.850. The molecular formula is C15H24N2S. The van der Waals surface area contributed by atoms with Gasteiger partial charge in [-0.05, 0) is 44.2 Å². The van der Waals surface area contributed by atoms with Crippen molar-refractivity contribution in [2.24, 2.45) is 5.41 Å². The lowest BCUT2D eigenvalue weighted by Gasteiger charge is -2.26. The topological polar surface area (TPSA) is 35.8 Å². The number of nitrogens with one attached hydrogen (secondary N) is 1. The lowest BCUT2D eigenvalue weighted by Crippen LogP contribution is -2.36. The lowest BCUT2D eigenvalue weighted by atomic mass is 9.87. The minimum absolute atomic E-state index is 0.204. The summed E-state index contributed by atoms with van der Waals surface area (Å²) in [6.45, 7) is 9.80. The third-order valence-electron chi connectivity index (χ3n) is 3.15. The Morgan fingerprint density at radius 2 is 2.17 bits per heavy atom. The molecule has 0 radical (unpaired) electrons. The summed E-state index contributed by atoms with van der Waals surface area (Å²) in [4.78, 5) is 2.83. The van der Waals surface area contributed by atoms with Gasteiger partial charge in [0, 0.05) is 28.8 Å². The molecule has 18 heavy (non-hydrogen) atoms. The van der Waals surface area contributed by atoms with Crippen LogP contribution in [0.2, 0.25) is 0 Å². The van der Waals surface area contributed by atoms with Crippen LogP contribution in [0.15, 0.2) is 12.1 Å². The number of rotatable bonds is 7. The second-order valence-corrected chi connectivity index (χ2v) is 7.19. The number of hydrogen-bond donors (Lipinski definition) is 1. The molecule has 0 spiro atoms. The number of aryl methyl sites for hydroxylation is 1. The predicted octanol–water partition coefficient (Wildman–Crippen LogP) is 3.91. The van der Waals surface area contributed by atoms with Crippen molar-refractivity contribution in [3.8, 4) is 6.07 Å². The smallest absolute Gasteiger partial charge is 0.0621 e. The van der Waals surface area contributed by atoms with E-state index in [0.717, 1.165) is 19.4 Å². The molecule has 1 atom stereocenters. The first-order chi connectivity index (χ1) is 8.43. The van der Waals surface area contributed by atoms with Gasteiger partial charge in [0.05, 0.1) is 6.07 Å². The van der Waals surface area contributed by atoms with Gasteiger partial charge < -0.3 is 5.32 Å². The Balaban J connectivity index is 2.32. The van der Waals surface area contributed by atoms with E-state index in [2.05, 4.69) is 51.2 Å². The maximum Gasteiger partial charge on any atom is 0.0621 e. The number of hydrogen-bond acceptors (Lipinski definition) is 3. The highest BCUT2D eigenvalue weighted by Gasteiger charge is 2.18. The van der Waals surface area contributed by atoms with Crippen LogP contribution in [0.3, 0.4) is 0 Å². The van der Waals surface area contributed by atoms with Gasteiger partial charge in [0.15, 0.2) is 0 Å². The van der Waals surface area contributed by atoms with Crippen molar-refractivity contribution < 1.29 is 0 Å². The Labute approximate surface area is 115 Å². The molecule has 0 aliphatic rings. The Kier molecular flexibility index (Phi) is 5.84. The van der Waals surface area contributed by atoms with Crippen molar-refractivity contribution >= 4 is 11.3 Å². The normalized spacial score (nSPS) is 13.3. The molecule has 0 aliphatic heterocycles. The van der Waals surface area contributed by atoms with Gasteiger partial charge in [0.2, 0.25) is 0 Å². The predicted molar refractivity (Wildman–Crippen MR) is 78.9 cm³/mol. The fourth-order valence-electron chi connectivity index (χ4n) is 1.90. The van der Waals surface area contributed by atoms with Crippen LogP contribution in [0, 0.1) is 23.7 Å². The third-order valence-corrected chi connectivity index (χ3v) is 4.17. The number of nitrogens with zero attached hydrogens (tertiary/aromatic N) is 1. The number of nitriles is 1. The van der Waals surface area contributed by atoms with Crippen LogP contribution in [0.25, 0.3) is 0 Å². The van der Waals surface area contributed by atoms with E-state index in [1.807, 2.05) is 11.3 Å². The zero-order valence-corrected chi connectivity index (χ0v) is 12.7. The molecule has 0 bridgehead atoms. The minimum Gasteiger partial charge on any atom is -0.313 e. The van der Waals surface area contributed by atoms with Crippen LogP contribution in [0.1, 0.15) is 43.4 Å². The summed E-state index contributed by atoms with van der Waals surface area (Å²) in [5, 5.41) is 12.2. The van der Waals surface area contributed by atoms with E-state index in [1.165, 1.54) is 9.75 Å². The van der Waals surface area contributed by atoms with Gasteiger partial charge in [0.1, 0.15) is 0 Å². The Morgan fingerprint density at radius 1 is 1.44 bits per heavy atom. The fraction of sp³-hybridized carbons (Fsp3) is 0.667. The lowest BCUT2D eigenvalue weighted by molar-refractivity contribution is 0.303. The second-order valence-electron chi connectivity index (χ2n) is 5.82. The van der Waals surface area contributed by atoms with E-state index in [4.69, 9.17) is 5.26 Å². The maximum absolute atomic E-state index is 8.64. The minimum atomic E-state index is 0.204. The summed E-state index contributed by atoms with van der Waals surface area (Å²) >= 11 is 1.88. The van der Waals surface area contributed by atoms with Gasteiger partial charge >= 0.3 is 0 Å². The van der Waals surface area contributed by atoms with Crippen LogP contribution in [-0.2, 0) is 6.42 Å². The van der Waals surface area contributed by atoms with Crippen molar-refractivity contribution in [1.29, 1.82) is 5.26 Å². The summed E-state index contributed by atoms with van der Waals surface area (Å²) < 4.78 is 0. The van der Waals surface area contributed by atoms with Crippen LogP contribution in [0.4, 0.5) is 0 Å². The molecule has 2 nitrogen and oxygen atoms in total. The van der Waals surface area contributed by atoms with E-state index in [0.29, 0.717) is 12.5 Å². The molecule has 0 saturated heterocycles. The highest BCUT2D eigenvalue weighted by Crippen LogP contribution is 2.21. The molecule has 0 aliphatic carbocycles. The van der Waals surface area contributed by atoms with Gasteiger partial charge in [-0.25, -0.2) is 0 Å². The van der Waals surface area contributed by atoms with Crippen LogP contribution in [-0.4, -0.2) is 12.6 Å². The summed E-state index contributed by atoms with van der Waals surface area (Å²) in [5.74, 6) is 0. The fourth-order valence-corrected chi connectivity index (χ4v) is 2.92. The molecule has 1 rings (SSSR count). The van der Waals surface area contributed by atoms with Gasteiger partial charge in [-0.3, -0.25) is 0 Å². The van der Waals surface area contributed by atoms with Crippen LogP contribution < -0.4 is 5.32 Å². The molecule has 0 aromatic carbocycles. The van der Waals surface area contributed by atoms with Crippen molar-refractivity contribution in [3.05, 3.63) is 21.9 Å². The van der Waals surface area contributed by atoms with Crippen molar-refractivity contribution in [2.75, 3.05) is 6.54 Å². The van der Waals surface area contributed by atoms with Gasteiger partial charge in [-0.15, -0.1) is 11.3 Å². The molecule has 100 valence electrons. The highest BCUT2D eigenvalue weighted by molar-refractivity contribution is 7.11. The van der Waals surface area contributed by atoms with E-state index < -0.39 is 0 Å². The van der Waals surface area contributed by atoms with E-state index >= 15 is 0 Å². The molecule has 1 heterocycles. The zero-order chi connectivity index (χ0) is 13.6. The Morgan fingerprint density at radius 3 is 2.72 bits per heavy atom. The van der Waals surface area contributed by atoms with Crippen LogP contribution >= 0.6 is 11.3 Å². The molecule has 1 aromatic heterocycles. The molecule has 0 amide bonds. The molecule has 3 heteroatoms. The quantitative estimate of drug-likeness (QED) is 0.810. The summed E-state index contributed by atoms with van der Waals surface area (Å²) in [7, 11) is 0. The number of thiophene rings is 1. The average molecular weight is 264 g/mol. The van der Waals surface area contributed by atoms with Gasteiger partial charge in [-0.1, -0.05) is 13.8 Å². The standard InChI is InChI=1S/C15H24N2S/c1-12(10-14-7-6-13(2)18-14)17-11-15(3,4)8-5-9-16/h6-7,12,17H,5,8,10-11H2,1-4H3. The largest absolute Gasteiger partial charge is 0.313 e. The van der Waals surface area contributed by atoms with Crippen molar-refractivity contribution in [3.63, 3.8) is 0 Å². The molecule has 1 aromatic rings. The zero-order valence-electron chi connectivity index (χ0n) is 11.9. The first-order valence-corrected chi connectivity index (χ1v) is 7.40. The van der Waals surface area contributed by atoms with Gasteiger partial charge in [0.25, 0.3) is 0 Å². The monoisotopic (exact) mass is 264 g/mol. The third kappa shape index (κ3) is 5.66. The first-order valence-electron chi connectivity index (χ1n) is 6.58. The first kappa shape index (κ1) is 15.2. The SMILES string of the molecule is Cc1ccc(CC(C)NCC(C)(C)CCC#N)s1. The van der Waals surface area contributed by atoms with E-state index in [-0.39, 0.29) is 5.41 Å². The summed E-state index contributed by atoms with van der Waals surface area (Å²) in [6.07, 6.45) is 2.70. The second kappa shape index (κ2) is 6.92. The van der Waals surface area contributed by atoms with Crippen LogP contribution in [0.5, 0.6) is 0 Å². The van der Waals surface area contributed by atoms with Crippen molar-refractivity contribution in [1.82, 2.24) is 5.32 Å². The molecule has 1 N–H and O–H groups in total. The molecule has 1 unspecified atom stereocenters. The Bertz CT molecular complexity index is 401. The average Bonchev–Trinajstić information content (AvgIpc) is 2.70. The van der Waals surface area contributed by atoms with E-state index in [1.54, 1.807) is 0 Å². The van der Waals surface area contributed by atoms with Gasteiger partial charge in [-0.2, -0.15) is 5.26 Å². The maximum atomic E-state index is 8.64. The molecule has 0 fully saturated rings. The molecular weight excluding hydrogens is 240 g/mol. The molecule has 0 saturated carbocycles. The van der Waals surface area contributed by atoms with E-state index in [9.17, 15) is 0 Å².